The summed E-state index contributed by atoms with van der Waals surface area (Å²) in [5.74, 6) is -0.686. The maximum atomic E-state index is 12.1. The summed E-state index contributed by atoms with van der Waals surface area (Å²) < 4.78 is 0. The molecule has 0 aromatic carbocycles. The van der Waals surface area contributed by atoms with Gasteiger partial charge in [-0.2, -0.15) is 0 Å². The second-order valence-corrected chi connectivity index (χ2v) is 6.11. The quantitative estimate of drug-likeness (QED) is 0.702. The first-order chi connectivity index (χ1) is 8.23. The van der Waals surface area contributed by atoms with Gasteiger partial charge in [0.2, 0.25) is 5.91 Å². The first-order valence-corrected chi connectivity index (χ1v) is 6.49. The van der Waals surface area contributed by atoms with E-state index in [2.05, 4.69) is 12.2 Å². The Morgan fingerprint density at radius 3 is 2.28 bits per heavy atom. The van der Waals surface area contributed by atoms with Gasteiger partial charge in [-0.1, -0.05) is 6.92 Å². The number of aliphatic carboxylic acids is 1. The number of carboxylic acid groups (broad SMARTS) is 1. The van der Waals surface area contributed by atoms with Gasteiger partial charge in [0.1, 0.15) is 5.54 Å². The predicted molar refractivity (Wildman–Crippen MR) is 69.0 cm³/mol. The van der Waals surface area contributed by atoms with E-state index in [-0.39, 0.29) is 12.5 Å². The van der Waals surface area contributed by atoms with E-state index >= 15 is 0 Å². The Bertz CT molecular complexity index is 331. The Morgan fingerprint density at radius 2 is 1.89 bits per heavy atom. The van der Waals surface area contributed by atoms with Crippen LogP contribution < -0.4 is 11.1 Å². The molecule has 0 aromatic heterocycles. The van der Waals surface area contributed by atoms with Crippen molar-refractivity contribution in [2.24, 2.45) is 17.1 Å². The van der Waals surface area contributed by atoms with E-state index in [1.54, 1.807) is 13.8 Å². The molecule has 1 saturated carbocycles. The topological polar surface area (TPSA) is 92.4 Å². The zero-order valence-electron chi connectivity index (χ0n) is 11.5. The number of hydrogen-bond acceptors (Lipinski definition) is 3. The van der Waals surface area contributed by atoms with Crippen molar-refractivity contribution in [3.8, 4) is 0 Å². The minimum Gasteiger partial charge on any atom is -0.480 e. The fraction of sp³-hybridized carbons (Fsp3) is 0.846. The van der Waals surface area contributed by atoms with Gasteiger partial charge in [-0.05, 0) is 45.4 Å². The normalized spacial score (nSPS) is 28.8. The van der Waals surface area contributed by atoms with Gasteiger partial charge in [0.05, 0.1) is 5.41 Å². The van der Waals surface area contributed by atoms with Crippen molar-refractivity contribution in [2.75, 3.05) is 6.54 Å². The van der Waals surface area contributed by atoms with Crippen LogP contribution in [0.15, 0.2) is 0 Å². The van der Waals surface area contributed by atoms with Gasteiger partial charge in [-0.3, -0.25) is 4.79 Å². The van der Waals surface area contributed by atoms with Crippen LogP contribution in [0.4, 0.5) is 0 Å². The Balaban J connectivity index is 2.82. The van der Waals surface area contributed by atoms with Gasteiger partial charge in [0, 0.05) is 6.54 Å². The van der Waals surface area contributed by atoms with Gasteiger partial charge in [-0.25, -0.2) is 4.79 Å². The van der Waals surface area contributed by atoms with Crippen molar-refractivity contribution in [1.29, 1.82) is 0 Å². The summed E-state index contributed by atoms with van der Waals surface area (Å²) in [4.78, 5) is 23.6. The minimum atomic E-state index is -1.10. The van der Waals surface area contributed by atoms with Gasteiger partial charge < -0.3 is 16.2 Å². The number of amides is 1. The van der Waals surface area contributed by atoms with Crippen molar-refractivity contribution < 1.29 is 14.7 Å². The Kier molecular flexibility index (Phi) is 4.37. The van der Waals surface area contributed by atoms with Gasteiger partial charge in [0.15, 0.2) is 0 Å². The van der Waals surface area contributed by atoms with Crippen LogP contribution in [0.2, 0.25) is 0 Å². The molecule has 0 aromatic rings. The highest BCUT2D eigenvalue weighted by molar-refractivity contribution is 5.89. The number of carbonyl (C=O) groups is 2. The lowest BCUT2D eigenvalue weighted by Gasteiger charge is -2.38. The molecule has 1 rings (SSSR count). The van der Waals surface area contributed by atoms with Crippen molar-refractivity contribution in [1.82, 2.24) is 5.32 Å². The summed E-state index contributed by atoms with van der Waals surface area (Å²) in [5.41, 5.74) is 3.71. The standard InChI is InChI=1S/C13H24N2O3/c1-9-4-6-13(7-5-9,11(17)18)15-10(16)12(2,3)8-14/h9H,4-8,14H2,1-3H3,(H,15,16)(H,17,18). The van der Waals surface area contributed by atoms with Crippen LogP contribution in [-0.2, 0) is 9.59 Å². The summed E-state index contributed by atoms with van der Waals surface area (Å²) in [6, 6.07) is 0. The molecule has 0 atom stereocenters. The molecule has 4 N–H and O–H groups in total. The average molecular weight is 256 g/mol. The maximum absolute atomic E-state index is 12.1. The van der Waals surface area contributed by atoms with Crippen LogP contribution in [0, 0.1) is 11.3 Å². The molecule has 1 aliphatic rings. The second kappa shape index (κ2) is 5.26. The van der Waals surface area contributed by atoms with Crippen LogP contribution in [0.1, 0.15) is 46.5 Å². The zero-order chi connectivity index (χ0) is 14.0. The first kappa shape index (κ1) is 15.0. The van der Waals surface area contributed by atoms with Crippen LogP contribution in [0.25, 0.3) is 0 Å². The summed E-state index contributed by atoms with van der Waals surface area (Å²) >= 11 is 0. The molecule has 0 aliphatic heterocycles. The van der Waals surface area contributed by atoms with Gasteiger partial charge in [-0.15, -0.1) is 0 Å². The lowest BCUT2D eigenvalue weighted by atomic mass is 9.76. The van der Waals surface area contributed by atoms with E-state index in [0.717, 1.165) is 12.8 Å². The number of nitrogens with two attached hydrogens (primary N) is 1. The highest BCUT2D eigenvalue weighted by Crippen LogP contribution is 2.33. The third-order valence-electron chi connectivity index (χ3n) is 4.02. The zero-order valence-corrected chi connectivity index (χ0v) is 11.5. The first-order valence-electron chi connectivity index (χ1n) is 6.49. The molecule has 0 bridgehead atoms. The molecule has 0 radical (unpaired) electrons. The molecular formula is C13H24N2O3. The molecule has 18 heavy (non-hydrogen) atoms. The molecule has 0 unspecified atom stereocenters. The van der Waals surface area contributed by atoms with Crippen molar-refractivity contribution in [3.05, 3.63) is 0 Å². The lowest BCUT2D eigenvalue weighted by Crippen LogP contribution is -2.59. The summed E-state index contributed by atoms with van der Waals surface area (Å²) in [6.07, 6.45) is 2.65. The summed E-state index contributed by atoms with van der Waals surface area (Å²) in [5, 5.41) is 12.1. The molecule has 0 heterocycles. The molecule has 0 saturated heterocycles. The van der Waals surface area contributed by atoms with E-state index in [4.69, 9.17) is 5.73 Å². The highest BCUT2D eigenvalue weighted by atomic mass is 16.4. The molecule has 5 nitrogen and oxygen atoms in total. The van der Waals surface area contributed by atoms with Crippen molar-refractivity contribution in [2.45, 2.75) is 52.0 Å². The van der Waals surface area contributed by atoms with Crippen molar-refractivity contribution >= 4 is 11.9 Å². The molecule has 1 fully saturated rings. The Morgan fingerprint density at radius 1 is 1.39 bits per heavy atom. The molecule has 1 amide bonds. The van der Waals surface area contributed by atoms with Crippen LogP contribution in [0.3, 0.4) is 0 Å². The molecule has 0 spiro atoms. The van der Waals surface area contributed by atoms with E-state index < -0.39 is 16.9 Å². The van der Waals surface area contributed by atoms with Crippen molar-refractivity contribution in [3.63, 3.8) is 0 Å². The molecule has 1 aliphatic carbocycles. The average Bonchev–Trinajstić information content (AvgIpc) is 2.32. The van der Waals surface area contributed by atoms with Gasteiger partial charge >= 0.3 is 5.97 Å². The Labute approximate surface area is 108 Å². The Hall–Kier alpha value is -1.10. The number of carbonyl (C=O) groups excluding carboxylic acids is 1. The minimum absolute atomic E-state index is 0.199. The molecule has 5 heteroatoms. The third kappa shape index (κ3) is 3.02. The fourth-order valence-electron chi connectivity index (χ4n) is 2.13. The van der Waals surface area contributed by atoms with Crippen LogP contribution in [-0.4, -0.2) is 29.1 Å². The second-order valence-electron chi connectivity index (χ2n) is 6.11. The molecular weight excluding hydrogens is 232 g/mol. The van der Waals surface area contributed by atoms with E-state index in [0.29, 0.717) is 18.8 Å². The monoisotopic (exact) mass is 256 g/mol. The van der Waals surface area contributed by atoms with E-state index in [9.17, 15) is 14.7 Å². The summed E-state index contributed by atoms with van der Waals surface area (Å²) in [6.45, 7) is 5.76. The number of hydrogen-bond donors (Lipinski definition) is 3. The van der Waals surface area contributed by atoms with Gasteiger partial charge in [0.25, 0.3) is 0 Å². The lowest BCUT2D eigenvalue weighted by molar-refractivity contribution is -0.151. The highest BCUT2D eigenvalue weighted by Gasteiger charge is 2.44. The summed E-state index contributed by atoms with van der Waals surface area (Å²) in [7, 11) is 0. The third-order valence-corrected chi connectivity index (χ3v) is 4.02. The van der Waals surface area contributed by atoms with E-state index in [1.165, 1.54) is 0 Å². The largest absolute Gasteiger partial charge is 0.480 e. The number of carboxylic acids is 1. The smallest absolute Gasteiger partial charge is 0.329 e. The molecule has 104 valence electrons. The van der Waals surface area contributed by atoms with E-state index in [1.807, 2.05) is 0 Å². The SMILES string of the molecule is CC1CCC(NC(=O)C(C)(C)CN)(C(=O)O)CC1. The maximum Gasteiger partial charge on any atom is 0.329 e. The van der Waals surface area contributed by atoms with Crippen LogP contribution >= 0.6 is 0 Å². The van der Waals surface area contributed by atoms with Crippen LogP contribution in [0.5, 0.6) is 0 Å². The predicted octanol–water partition coefficient (Wildman–Crippen LogP) is 1.12. The number of rotatable bonds is 4. The number of nitrogens with one attached hydrogen (secondary N) is 1. The fourth-order valence-corrected chi connectivity index (χ4v) is 2.13.